The van der Waals surface area contributed by atoms with Gasteiger partial charge in [0.15, 0.2) is 20.5 Å². The van der Waals surface area contributed by atoms with Crippen molar-refractivity contribution in [1.82, 2.24) is 10.3 Å². The molecule has 0 aliphatic heterocycles. The van der Waals surface area contributed by atoms with Crippen LogP contribution in [-0.4, -0.2) is 48.4 Å². The van der Waals surface area contributed by atoms with E-state index < -0.39 is 21.7 Å². The van der Waals surface area contributed by atoms with E-state index in [4.69, 9.17) is 5.11 Å². The second kappa shape index (κ2) is 5.91. The van der Waals surface area contributed by atoms with E-state index in [2.05, 4.69) is 10.3 Å². The van der Waals surface area contributed by atoms with Gasteiger partial charge in [0.1, 0.15) is 0 Å². The van der Waals surface area contributed by atoms with Crippen molar-refractivity contribution in [2.24, 2.45) is 0 Å². The van der Waals surface area contributed by atoms with E-state index in [0.29, 0.717) is 0 Å². The van der Waals surface area contributed by atoms with Crippen molar-refractivity contribution < 1.29 is 23.1 Å². The zero-order valence-corrected chi connectivity index (χ0v) is 11.2. The predicted octanol–water partition coefficient (Wildman–Crippen LogP) is 0.00580. The minimum Gasteiger partial charge on any atom is -0.476 e. The molecule has 0 aliphatic carbocycles. The fraction of sp³-hybridized carbons (Fsp3) is 0.444. The molecule has 0 saturated heterocycles. The molecule has 0 fully saturated rings. The molecule has 18 heavy (non-hydrogen) atoms. The number of amides is 1. The number of rotatable bonds is 6. The summed E-state index contributed by atoms with van der Waals surface area (Å²) in [6.45, 7) is 1.51. The Bertz CT molecular complexity index is 549. The SMILES string of the molecule is CCS(=O)(=O)CCNC(=O)c1nc(C(=O)O)cs1. The van der Waals surface area contributed by atoms with Gasteiger partial charge in [0, 0.05) is 17.7 Å². The second-order valence-electron chi connectivity index (χ2n) is 3.34. The number of carboxylic acid groups (broad SMARTS) is 1. The topological polar surface area (TPSA) is 113 Å². The van der Waals surface area contributed by atoms with Gasteiger partial charge in [0.05, 0.1) is 5.75 Å². The first kappa shape index (κ1) is 14.6. The molecule has 0 atom stereocenters. The molecular formula is C9H12N2O5S2. The number of aromatic carboxylic acids is 1. The Morgan fingerprint density at radius 2 is 2.17 bits per heavy atom. The Morgan fingerprint density at radius 1 is 1.50 bits per heavy atom. The van der Waals surface area contributed by atoms with E-state index in [1.807, 2.05) is 0 Å². The van der Waals surface area contributed by atoms with Crippen LogP contribution in [0.15, 0.2) is 5.38 Å². The number of carbonyl (C=O) groups is 2. The average molecular weight is 292 g/mol. The first-order chi connectivity index (χ1) is 8.35. The molecule has 100 valence electrons. The lowest BCUT2D eigenvalue weighted by Gasteiger charge is -2.02. The average Bonchev–Trinajstić information content (AvgIpc) is 2.78. The lowest BCUT2D eigenvalue weighted by Crippen LogP contribution is -2.29. The summed E-state index contributed by atoms with van der Waals surface area (Å²) >= 11 is 0.896. The number of carbonyl (C=O) groups excluding carboxylic acids is 1. The number of sulfone groups is 1. The molecule has 1 heterocycles. The Labute approximate surface area is 108 Å². The summed E-state index contributed by atoms with van der Waals surface area (Å²) < 4.78 is 22.3. The van der Waals surface area contributed by atoms with Crippen LogP contribution in [0.2, 0.25) is 0 Å². The highest BCUT2D eigenvalue weighted by molar-refractivity contribution is 7.91. The van der Waals surface area contributed by atoms with Crippen molar-refractivity contribution in [1.29, 1.82) is 0 Å². The van der Waals surface area contributed by atoms with Gasteiger partial charge in [0.2, 0.25) is 0 Å². The molecule has 0 spiro atoms. The highest BCUT2D eigenvalue weighted by atomic mass is 32.2. The van der Waals surface area contributed by atoms with E-state index in [-0.39, 0.29) is 28.8 Å². The van der Waals surface area contributed by atoms with Crippen molar-refractivity contribution in [3.05, 3.63) is 16.1 Å². The number of hydrogen-bond acceptors (Lipinski definition) is 6. The van der Waals surface area contributed by atoms with Crippen LogP contribution in [0.4, 0.5) is 0 Å². The van der Waals surface area contributed by atoms with Gasteiger partial charge in [-0.1, -0.05) is 6.92 Å². The summed E-state index contributed by atoms with van der Waals surface area (Å²) in [7, 11) is -3.13. The molecule has 0 bridgehead atoms. The van der Waals surface area contributed by atoms with Crippen LogP contribution in [0.3, 0.4) is 0 Å². The molecule has 9 heteroatoms. The Kier molecular flexibility index (Phi) is 4.79. The van der Waals surface area contributed by atoms with Gasteiger partial charge >= 0.3 is 5.97 Å². The minimum absolute atomic E-state index is 0.00120. The number of nitrogens with one attached hydrogen (secondary N) is 1. The van der Waals surface area contributed by atoms with Gasteiger partial charge in [-0.3, -0.25) is 4.79 Å². The summed E-state index contributed by atoms with van der Waals surface area (Å²) in [6.07, 6.45) is 0. The number of hydrogen-bond donors (Lipinski definition) is 2. The van der Waals surface area contributed by atoms with Gasteiger partial charge < -0.3 is 10.4 Å². The maximum absolute atomic E-state index is 11.5. The Morgan fingerprint density at radius 3 is 2.67 bits per heavy atom. The largest absolute Gasteiger partial charge is 0.476 e. The normalized spacial score (nSPS) is 11.2. The lowest BCUT2D eigenvalue weighted by molar-refractivity contribution is 0.0691. The first-order valence-corrected chi connectivity index (χ1v) is 7.73. The summed E-state index contributed by atoms with van der Waals surface area (Å²) in [4.78, 5) is 25.7. The third-order valence-electron chi connectivity index (χ3n) is 2.06. The van der Waals surface area contributed by atoms with E-state index >= 15 is 0 Å². The van der Waals surface area contributed by atoms with Crippen LogP contribution in [0.1, 0.15) is 27.2 Å². The van der Waals surface area contributed by atoms with Crippen LogP contribution in [0.5, 0.6) is 0 Å². The molecule has 0 saturated carbocycles. The molecule has 0 aliphatic rings. The number of aromatic nitrogens is 1. The van der Waals surface area contributed by atoms with Crippen molar-refractivity contribution in [3.8, 4) is 0 Å². The van der Waals surface area contributed by atoms with Crippen LogP contribution < -0.4 is 5.32 Å². The Balaban J connectivity index is 2.53. The minimum atomic E-state index is -3.13. The smallest absolute Gasteiger partial charge is 0.355 e. The van der Waals surface area contributed by atoms with Crippen LogP contribution in [-0.2, 0) is 9.84 Å². The van der Waals surface area contributed by atoms with E-state index in [1.165, 1.54) is 12.3 Å². The zero-order valence-electron chi connectivity index (χ0n) is 9.54. The molecule has 1 amide bonds. The maximum atomic E-state index is 11.5. The van der Waals surface area contributed by atoms with E-state index in [1.54, 1.807) is 0 Å². The highest BCUT2D eigenvalue weighted by Gasteiger charge is 2.15. The van der Waals surface area contributed by atoms with Crippen LogP contribution in [0.25, 0.3) is 0 Å². The molecule has 1 aromatic heterocycles. The lowest BCUT2D eigenvalue weighted by atomic mass is 10.5. The standard InChI is InChI=1S/C9H12N2O5S2/c1-2-18(15,16)4-3-10-7(12)8-11-6(5-17-8)9(13)14/h5H,2-4H2,1H3,(H,10,12)(H,13,14). The predicted molar refractivity (Wildman–Crippen MR) is 65.7 cm³/mol. The van der Waals surface area contributed by atoms with E-state index in [0.717, 1.165) is 11.3 Å². The van der Waals surface area contributed by atoms with Gasteiger partial charge in [-0.25, -0.2) is 18.2 Å². The van der Waals surface area contributed by atoms with Gasteiger partial charge in [0.25, 0.3) is 5.91 Å². The summed E-state index contributed by atoms with van der Waals surface area (Å²) in [5.74, 6) is -1.91. The molecule has 1 aromatic rings. The number of carboxylic acids is 1. The molecular weight excluding hydrogens is 280 g/mol. The van der Waals surface area contributed by atoms with Crippen LogP contribution in [0, 0.1) is 0 Å². The van der Waals surface area contributed by atoms with Crippen molar-refractivity contribution in [2.75, 3.05) is 18.1 Å². The van der Waals surface area contributed by atoms with Gasteiger partial charge in [-0.05, 0) is 0 Å². The maximum Gasteiger partial charge on any atom is 0.355 e. The first-order valence-electron chi connectivity index (χ1n) is 5.03. The van der Waals surface area contributed by atoms with Gasteiger partial charge in [-0.15, -0.1) is 11.3 Å². The number of nitrogens with zero attached hydrogens (tertiary/aromatic N) is 1. The van der Waals surface area contributed by atoms with E-state index in [9.17, 15) is 18.0 Å². The number of thiazole rings is 1. The van der Waals surface area contributed by atoms with Gasteiger partial charge in [-0.2, -0.15) is 0 Å². The zero-order chi connectivity index (χ0) is 13.8. The molecule has 0 radical (unpaired) electrons. The molecule has 2 N–H and O–H groups in total. The summed E-state index contributed by atoms with van der Waals surface area (Å²) in [5.41, 5.74) is -0.202. The second-order valence-corrected chi connectivity index (χ2v) is 6.67. The molecule has 0 unspecified atom stereocenters. The molecule has 1 rings (SSSR count). The highest BCUT2D eigenvalue weighted by Crippen LogP contribution is 2.09. The van der Waals surface area contributed by atoms with Crippen molar-refractivity contribution in [2.45, 2.75) is 6.92 Å². The quantitative estimate of drug-likeness (QED) is 0.763. The summed E-state index contributed by atoms with van der Waals surface area (Å²) in [5, 5.41) is 12.3. The molecule has 7 nitrogen and oxygen atoms in total. The fourth-order valence-corrected chi connectivity index (χ4v) is 2.43. The van der Waals surface area contributed by atoms with Crippen molar-refractivity contribution in [3.63, 3.8) is 0 Å². The molecule has 0 aromatic carbocycles. The fourth-order valence-electron chi connectivity index (χ4n) is 1.02. The third kappa shape index (κ3) is 4.08. The van der Waals surface area contributed by atoms with Crippen LogP contribution >= 0.6 is 11.3 Å². The monoisotopic (exact) mass is 292 g/mol. The Hall–Kier alpha value is -1.48. The third-order valence-corrected chi connectivity index (χ3v) is 4.60. The summed E-state index contributed by atoms with van der Waals surface area (Å²) in [6, 6.07) is 0. The van der Waals surface area contributed by atoms with Crippen molar-refractivity contribution >= 4 is 33.1 Å².